The fourth-order valence-electron chi connectivity index (χ4n) is 2.06. The first kappa shape index (κ1) is 18.0. The highest BCUT2D eigenvalue weighted by Gasteiger charge is 2.15. The topological polar surface area (TPSA) is 32.3 Å². The van der Waals surface area contributed by atoms with E-state index in [-0.39, 0.29) is 11.9 Å². The Kier molecular flexibility index (Phi) is 6.66. The summed E-state index contributed by atoms with van der Waals surface area (Å²) in [6.45, 7) is 0.554. The van der Waals surface area contributed by atoms with Crippen LogP contribution in [0.4, 0.5) is 0 Å². The van der Waals surface area contributed by atoms with E-state index in [0.717, 1.165) is 5.56 Å². The van der Waals surface area contributed by atoms with Crippen LogP contribution in [-0.4, -0.2) is 31.4 Å². The summed E-state index contributed by atoms with van der Waals surface area (Å²) in [5.41, 5.74) is 0.831. The molecule has 3 nitrogen and oxygen atoms in total. The van der Waals surface area contributed by atoms with Crippen LogP contribution in [0, 0.1) is 0 Å². The van der Waals surface area contributed by atoms with Gasteiger partial charge in [-0.1, -0.05) is 35.3 Å². The Morgan fingerprint density at radius 1 is 1.30 bits per heavy atom. The van der Waals surface area contributed by atoms with E-state index < -0.39 is 0 Å². The molecule has 1 N–H and O–H groups in total. The molecule has 1 aromatic heterocycles. The van der Waals surface area contributed by atoms with Crippen molar-refractivity contribution in [2.45, 2.75) is 6.04 Å². The van der Waals surface area contributed by atoms with E-state index in [9.17, 15) is 4.79 Å². The van der Waals surface area contributed by atoms with Crippen LogP contribution in [-0.2, 0) is 4.79 Å². The molecule has 0 aliphatic heterocycles. The van der Waals surface area contributed by atoms with Crippen LogP contribution in [0.2, 0.25) is 10.0 Å². The highest BCUT2D eigenvalue weighted by Crippen LogP contribution is 2.23. The summed E-state index contributed by atoms with van der Waals surface area (Å²) in [5.74, 6) is -0.139. The number of hydrogen-bond donors (Lipinski definition) is 1. The molecule has 0 radical (unpaired) electrons. The van der Waals surface area contributed by atoms with Gasteiger partial charge in [-0.3, -0.25) is 4.79 Å². The predicted octanol–water partition coefficient (Wildman–Crippen LogP) is 4.49. The molecule has 1 amide bonds. The number of rotatable bonds is 6. The van der Waals surface area contributed by atoms with Crippen molar-refractivity contribution >= 4 is 46.5 Å². The summed E-state index contributed by atoms with van der Waals surface area (Å²) in [7, 11) is 4.00. The van der Waals surface area contributed by atoms with Gasteiger partial charge in [-0.25, -0.2) is 0 Å². The Balaban J connectivity index is 1.93. The maximum Gasteiger partial charge on any atom is 0.244 e. The zero-order valence-electron chi connectivity index (χ0n) is 12.9. The highest BCUT2D eigenvalue weighted by molar-refractivity contribution is 7.10. The average Bonchev–Trinajstić information content (AvgIpc) is 3.02. The zero-order chi connectivity index (χ0) is 16.8. The first-order chi connectivity index (χ1) is 11.0. The van der Waals surface area contributed by atoms with Crippen LogP contribution in [0.5, 0.6) is 0 Å². The van der Waals surface area contributed by atoms with Gasteiger partial charge in [0.15, 0.2) is 0 Å². The molecule has 0 aliphatic rings. The van der Waals surface area contributed by atoms with Crippen molar-refractivity contribution in [3.63, 3.8) is 0 Å². The van der Waals surface area contributed by atoms with Crippen molar-refractivity contribution in [3.05, 3.63) is 62.3 Å². The lowest BCUT2D eigenvalue weighted by atomic mass is 10.2. The van der Waals surface area contributed by atoms with Crippen molar-refractivity contribution in [2.75, 3.05) is 20.6 Å². The monoisotopic (exact) mass is 368 g/mol. The van der Waals surface area contributed by atoms with Gasteiger partial charge in [-0.15, -0.1) is 11.3 Å². The van der Waals surface area contributed by atoms with Gasteiger partial charge < -0.3 is 10.2 Å². The van der Waals surface area contributed by atoms with Crippen molar-refractivity contribution in [1.82, 2.24) is 10.2 Å². The molecule has 0 saturated carbocycles. The molecule has 0 bridgehead atoms. The second-order valence-corrected chi connectivity index (χ2v) is 7.04. The molecule has 2 aromatic rings. The third kappa shape index (κ3) is 5.36. The first-order valence-corrected chi connectivity index (χ1v) is 8.71. The van der Waals surface area contributed by atoms with Gasteiger partial charge in [0, 0.05) is 17.5 Å². The Morgan fingerprint density at radius 2 is 2.09 bits per heavy atom. The molecule has 2 rings (SSSR count). The molecular weight excluding hydrogens is 351 g/mol. The molecule has 1 aromatic carbocycles. The van der Waals surface area contributed by atoms with Gasteiger partial charge in [0.05, 0.1) is 16.1 Å². The number of hydrogen-bond acceptors (Lipinski definition) is 3. The van der Waals surface area contributed by atoms with Gasteiger partial charge >= 0.3 is 0 Å². The molecular formula is C17H18Cl2N2OS. The predicted molar refractivity (Wildman–Crippen MR) is 99.3 cm³/mol. The van der Waals surface area contributed by atoms with Crippen LogP contribution in [0.1, 0.15) is 16.5 Å². The zero-order valence-corrected chi connectivity index (χ0v) is 15.3. The maximum absolute atomic E-state index is 12.0. The van der Waals surface area contributed by atoms with Crippen LogP contribution in [0.25, 0.3) is 6.08 Å². The SMILES string of the molecule is CN(C)[C@@H](CNC(=O)/C=C/c1ccc(Cl)c(Cl)c1)c1cccs1. The van der Waals surface area contributed by atoms with Crippen molar-refractivity contribution < 1.29 is 4.79 Å². The van der Waals surface area contributed by atoms with Gasteiger partial charge in [0.2, 0.25) is 5.91 Å². The number of amides is 1. The lowest BCUT2D eigenvalue weighted by Crippen LogP contribution is -2.33. The minimum atomic E-state index is -0.139. The summed E-state index contributed by atoms with van der Waals surface area (Å²) < 4.78 is 0. The van der Waals surface area contributed by atoms with Gasteiger partial charge in [0.25, 0.3) is 0 Å². The number of carbonyl (C=O) groups is 1. The summed E-state index contributed by atoms with van der Waals surface area (Å²) in [4.78, 5) is 15.3. The third-order valence-electron chi connectivity index (χ3n) is 3.34. The van der Waals surface area contributed by atoms with Gasteiger partial charge in [-0.2, -0.15) is 0 Å². The lowest BCUT2D eigenvalue weighted by molar-refractivity contribution is -0.116. The molecule has 23 heavy (non-hydrogen) atoms. The standard InChI is InChI=1S/C17H18Cl2N2OS/c1-21(2)15(16-4-3-9-23-16)11-20-17(22)8-6-12-5-7-13(18)14(19)10-12/h3-10,15H,11H2,1-2H3,(H,20,22)/b8-6+/t15-/m0/s1. The van der Waals surface area contributed by atoms with Crippen molar-refractivity contribution in [2.24, 2.45) is 0 Å². The Bertz CT molecular complexity index is 684. The smallest absolute Gasteiger partial charge is 0.244 e. The second-order valence-electron chi connectivity index (χ2n) is 5.25. The van der Waals surface area contributed by atoms with Crippen LogP contribution in [0.3, 0.4) is 0 Å². The fourth-order valence-corrected chi connectivity index (χ4v) is 3.29. The fraction of sp³-hybridized carbons (Fsp3) is 0.235. The van der Waals surface area contributed by atoms with Crippen LogP contribution in [0.15, 0.2) is 41.8 Å². The molecule has 122 valence electrons. The number of benzene rings is 1. The van der Waals surface area contributed by atoms with E-state index in [1.54, 1.807) is 29.5 Å². The Hall–Kier alpha value is -1.33. The number of thiophene rings is 1. The highest BCUT2D eigenvalue weighted by atomic mass is 35.5. The van der Waals surface area contributed by atoms with Gasteiger partial charge in [0.1, 0.15) is 0 Å². The number of nitrogens with zero attached hydrogens (tertiary/aromatic N) is 1. The van der Waals surface area contributed by atoms with Crippen LogP contribution < -0.4 is 5.32 Å². The molecule has 0 fully saturated rings. The van der Waals surface area contributed by atoms with E-state index in [2.05, 4.69) is 16.3 Å². The summed E-state index contributed by atoms with van der Waals surface area (Å²) in [5, 5.41) is 5.94. The average molecular weight is 369 g/mol. The molecule has 0 aliphatic carbocycles. The van der Waals surface area contributed by atoms with E-state index >= 15 is 0 Å². The Morgan fingerprint density at radius 3 is 2.70 bits per heavy atom. The summed E-state index contributed by atoms with van der Waals surface area (Å²) in [6.07, 6.45) is 3.22. The number of carbonyl (C=O) groups excluding carboxylic acids is 1. The molecule has 6 heteroatoms. The number of nitrogens with one attached hydrogen (secondary N) is 1. The normalized spacial score (nSPS) is 12.7. The molecule has 1 atom stereocenters. The minimum Gasteiger partial charge on any atom is -0.351 e. The van der Waals surface area contributed by atoms with Crippen LogP contribution >= 0.6 is 34.5 Å². The first-order valence-electron chi connectivity index (χ1n) is 7.08. The largest absolute Gasteiger partial charge is 0.351 e. The minimum absolute atomic E-state index is 0.139. The second kappa shape index (κ2) is 8.50. The molecule has 0 saturated heterocycles. The van der Waals surface area contributed by atoms with Crippen molar-refractivity contribution in [3.8, 4) is 0 Å². The van der Waals surface area contributed by atoms with Gasteiger partial charge in [-0.05, 0) is 49.3 Å². The third-order valence-corrected chi connectivity index (χ3v) is 5.05. The van der Waals surface area contributed by atoms with Crippen molar-refractivity contribution in [1.29, 1.82) is 0 Å². The molecule has 0 unspecified atom stereocenters. The summed E-state index contributed by atoms with van der Waals surface area (Å²) in [6, 6.07) is 9.50. The lowest BCUT2D eigenvalue weighted by Gasteiger charge is -2.23. The van der Waals surface area contributed by atoms with E-state index in [4.69, 9.17) is 23.2 Å². The Labute approximate surface area is 150 Å². The van der Waals surface area contributed by atoms with E-state index in [0.29, 0.717) is 16.6 Å². The van der Waals surface area contributed by atoms with E-state index in [1.165, 1.54) is 11.0 Å². The summed E-state index contributed by atoms with van der Waals surface area (Å²) >= 11 is 13.5. The molecule has 1 heterocycles. The number of halogens is 2. The number of likely N-dealkylation sites (N-methyl/N-ethyl adjacent to an activating group) is 1. The quantitative estimate of drug-likeness (QED) is 0.761. The van der Waals surface area contributed by atoms with E-state index in [1.807, 2.05) is 31.6 Å². The maximum atomic E-state index is 12.0. The molecule has 0 spiro atoms.